The normalized spacial score (nSPS) is 23.6. The van der Waals surface area contributed by atoms with Gasteiger partial charge in [0, 0.05) is 13.1 Å². The van der Waals surface area contributed by atoms with E-state index in [2.05, 4.69) is 9.97 Å². The fourth-order valence-electron chi connectivity index (χ4n) is 2.38. The lowest BCUT2D eigenvalue weighted by molar-refractivity contribution is 0.150. The molecule has 0 aromatic carbocycles. The molecule has 0 saturated carbocycles. The van der Waals surface area contributed by atoms with Gasteiger partial charge in [0.2, 0.25) is 5.95 Å². The Labute approximate surface area is 103 Å². The number of nitrogens with zero attached hydrogens (tertiary/aromatic N) is 4. The summed E-state index contributed by atoms with van der Waals surface area (Å²) in [5.41, 5.74) is 0. The molecule has 2 aliphatic rings. The SMILES string of the molecule is O=C1OCCN1C1CCN(c2ncc(F)cn2)C1. The molecule has 2 saturated heterocycles. The molecule has 1 unspecified atom stereocenters. The molecule has 1 aromatic heterocycles. The fourth-order valence-corrected chi connectivity index (χ4v) is 2.38. The number of ether oxygens (including phenoxy) is 1. The quantitative estimate of drug-likeness (QED) is 0.773. The zero-order chi connectivity index (χ0) is 12.5. The van der Waals surface area contributed by atoms with Crippen LogP contribution < -0.4 is 4.90 Å². The minimum absolute atomic E-state index is 0.133. The number of anilines is 1. The van der Waals surface area contributed by atoms with Crippen LogP contribution in [0.2, 0.25) is 0 Å². The molecular formula is C11H13FN4O2. The molecule has 0 bridgehead atoms. The second kappa shape index (κ2) is 4.40. The maximum atomic E-state index is 12.7. The minimum Gasteiger partial charge on any atom is -0.448 e. The summed E-state index contributed by atoms with van der Waals surface area (Å²) < 4.78 is 17.7. The van der Waals surface area contributed by atoms with Crippen molar-refractivity contribution in [3.63, 3.8) is 0 Å². The van der Waals surface area contributed by atoms with Gasteiger partial charge in [0.15, 0.2) is 5.82 Å². The molecule has 3 rings (SSSR count). The molecule has 1 atom stereocenters. The van der Waals surface area contributed by atoms with Crippen LogP contribution in [0, 0.1) is 5.82 Å². The number of rotatable bonds is 2. The third kappa shape index (κ3) is 1.96. The van der Waals surface area contributed by atoms with Crippen molar-refractivity contribution in [3.8, 4) is 0 Å². The van der Waals surface area contributed by atoms with Gasteiger partial charge in [0.1, 0.15) is 6.61 Å². The van der Waals surface area contributed by atoms with Crippen LogP contribution in [0.15, 0.2) is 12.4 Å². The Kier molecular flexibility index (Phi) is 2.73. The Balaban J connectivity index is 1.68. The van der Waals surface area contributed by atoms with Gasteiger partial charge in [-0.1, -0.05) is 0 Å². The van der Waals surface area contributed by atoms with Gasteiger partial charge in [0.05, 0.1) is 25.0 Å². The van der Waals surface area contributed by atoms with Gasteiger partial charge < -0.3 is 9.64 Å². The highest BCUT2D eigenvalue weighted by molar-refractivity contribution is 5.70. The van der Waals surface area contributed by atoms with Crippen LogP contribution in [0.3, 0.4) is 0 Å². The first-order chi connectivity index (χ1) is 8.74. The van der Waals surface area contributed by atoms with Gasteiger partial charge in [0.25, 0.3) is 0 Å². The van der Waals surface area contributed by atoms with Crippen molar-refractivity contribution < 1.29 is 13.9 Å². The number of halogens is 1. The summed E-state index contributed by atoms with van der Waals surface area (Å²) in [4.78, 5) is 23.0. The summed E-state index contributed by atoms with van der Waals surface area (Å²) in [5.74, 6) is 0.0593. The summed E-state index contributed by atoms with van der Waals surface area (Å²) >= 11 is 0. The molecule has 0 spiro atoms. The predicted molar refractivity (Wildman–Crippen MR) is 60.7 cm³/mol. The van der Waals surface area contributed by atoms with E-state index in [0.717, 1.165) is 25.4 Å². The van der Waals surface area contributed by atoms with E-state index in [1.165, 1.54) is 0 Å². The van der Waals surface area contributed by atoms with Crippen LogP contribution >= 0.6 is 0 Å². The summed E-state index contributed by atoms with van der Waals surface area (Å²) in [5, 5.41) is 0. The average molecular weight is 252 g/mol. The second-order valence-electron chi connectivity index (χ2n) is 4.40. The minimum atomic E-state index is -0.447. The van der Waals surface area contributed by atoms with Crippen LogP contribution in [0.4, 0.5) is 15.1 Å². The number of carbonyl (C=O) groups is 1. The Bertz CT molecular complexity index is 453. The number of hydrogen-bond acceptors (Lipinski definition) is 5. The molecule has 3 heterocycles. The van der Waals surface area contributed by atoms with Crippen molar-refractivity contribution in [1.82, 2.24) is 14.9 Å². The van der Waals surface area contributed by atoms with E-state index < -0.39 is 5.82 Å². The van der Waals surface area contributed by atoms with E-state index in [9.17, 15) is 9.18 Å². The van der Waals surface area contributed by atoms with Crippen LogP contribution in [-0.2, 0) is 4.74 Å². The van der Waals surface area contributed by atoms with E-state index in [0.29, 0.717) is 25.6 Å². The Morgan fingerprint density at radius 3 is 2.78 bits per heavy atom. The Morgan fingerprint density at radius 2 is 2.11 bits per heavy atom. The lowest BCUT2D eigenvalue weighted by atomic mass is 10.2. The Hall–Kier alpha value is -1.92. The molecule has 1 aromatic rings. The van der Waals surface area contributed by atoms with Gasteiger partial charge in [-0.3, -0.25) is 4.90 Å². The van der Waals surface area contributed by atoms with Gasteiger partial charge in [-0.25, -0.2) is 19.2 Å². The van der Waals surface area contributed by atoms with Gasteiger partial charge in [-0.05, 0) is 6.42 Å². The first-order valence-corrected chi connectivity index (χ1v) is 5.90. The van der Waals surface area contributed by atoms with E-state index in [-0.39, 0.29) is 12.1 Å². The third-order valence-corrected chi connectivity index (χ3v) is 3.29. The Morgan fingerprint density at radius 1 is 1.33 bits per heavy atom. The smallest absolute Gasteiger partial charge is 0.410 e. The van der Waals surface area contributed by atoms with E-state index in [1.54, 1.807) is 4.90 Å². The maximum Gasteiger partial charge on any atom is 0.410 e. The van der Waals surface area contributed by atoms with E-state index >= 15 is 0 Å². The van der Waals surface area contributed by atoms with Crippen LogP contribution in [0.1, 0.15) is 6.42 Å². The maximum absolute atomic E-state index is 12.7. The van der Waals surface area contributed by atoms with Crippen molar-refractivity contribution in [2.75, 3.05) is 31.1 Å². The standard InChI is InChI=1S/C11H13FN4O2/c12-8-5-13-10(14-6-8)15-2-1-9(7-15)16-3-4-18-11(16)17/h5-6,9H,1-4,7H2. The molecule has 0 radical (unpaired) electrons. The van der Waals surface area contributed by atoms with E-state index in [1.807, 2.05) is 4.90 Å². The van der Waals surface area contributed by atoms with Crippen LogP contribution in [0.25, 0.3) is 0 Å². The highest BCUT2D eigenvalue weighted by Crippen LogP contribution is 2.21. The molecule has 96 valence electrons. The molecule has 2 fully saturated rings. The fraction of sp³-hybridized carbons (Fsp3) is 0.545. The van der Waals surface area contributed by atoms with Gasteiger partial charge in [-0.2, -0.15) is 0 Å². The molecule has 7 heteroatoms. The van der Waals surface area contributed by atoms with Crippen molar-refractivity contribution in [1.29, 1.82) is 0 Å². The molecule has 6 nitrogen and oxygen atoms in total. The third-order valence-electron chi connectivity index (χ3n) is 3.29. The van der Waals surface area contributed by atoms with Crippen LogP contribution in [0.5, 0.6) is 0 Å². The molecule has 0 N–H and O–H groups in total. The first kappa shape index (κ1) is 11.2. The molecule has 0 aliphatic carbocycles. The number of carbonyl (C=O) groups excluding carboxylic acids is 1. The largest absolute Gasteiger partial charge is 0.448 e. The summed E-state index contributed by atoms with van der Waals surface area (Å²) in [6.07, 6.45) is 2.91. The van der Waals surface area contributed by atoms with E-state index in [4.69, 9.17) is 4.74 Å². The molecule has 1 amide bonds. The van der Waals surface area contributed by atoms with Crippen LogP contribution in [-0.4, -0.2) is 53.2 Å². The monoisotopic (exact) mass is 252 g/mol. The predicted octanol–water partition coefficient (Wildman–Crippen LogP) is 0.647. The second-order valence-corrected chi connectivity index (χ2v) is 4.40. The van der Waals surface area contributed by atoms with Crippen molar-refractivity contribution in [2.24, 2.45) is 0 Å². The van der Waals surface area contributed by atoms with Gasteiger partial charge >= 0.3 is 6.09 Å². The number of aromatic nitrogens is 2. The summed E-state index contributed by atoms with van der Waals surface area (Å²) in [7, 11) is 0. The summed E-state index contributed by atoms with van der Waals surface area (Å²) in [6, 6.07) is 0.133. The van der Waals surface area contributed by atoms with Crippen molar-refractivity contribution in [3.05, 3.63) is 18.2 Å². The highest BCUT2D eigenvalue weighted by Gasteiger charge is 2.35. The van der Waals surface area contributed by atoms with Crippen molar-refractivity contribution in [2.45, 2.75) is 12.5 Å². The topological polar surface area (TPSA) is 58.6 Å². The van der Waals surface area contributed by atoms with Gasteiger partial charge in [-0.15, -0.1) is 0 Å². The lowest BCUT2D eigenvalue weighted by Gasteiger charge is -2.21. The number of hydrogen-bond donors (Lipinski definition) is 0. The zero-order valence-electron chi connectivity index (χ0n) is 9.75. The zero-order valence-corrected chi connectivity index (χ0v) is 9.75. The lowest BCUT2D eigenvalue weighted by Crippen LogP contribution is -2.38. The highest BCUT2D eigenvalue weighted by atomic mass is 19.1. The number of cyclic esters (lactones) is 1. The molecule has 18 heavy (non-hydrogen) atoms. The summed E-state index contributed by atoms with van der Waals surface area (Å²) in [6.45, 7) is 2.53. The number of amides is 1. The first-order valence-electron chi connectivity index (χ1n) is 5.90. The average Bonchev–Trinajstić information content (AvgIpc) is 2.98. The molecule has 2 aliphatic heterocycles. The molecular weight excluding hydrogens is 239 g/mol. The van der Waals surface area contributed by atoms with Crippen molar-refractivity contribution >= 4 is 12.0 Å².